The Balaban J connectivity index is 2.93. The maximum absolute atomic E-state index is 5.76. The topological polar surface area (TPSA) is 28.7 Å². The van der Waals surface area contributed by atoms with Crippen LogP contribution in [0.4, 0.5) is 0 Å². The molecule has 0 spiro atoms. The van der Waals surface area contributed by atoms with Gasteiger partial charge in [-0.25, -0.2) is 4.98 Å². The van der Waals surface area contributed by atoms with Crippen molar-refractivity contribution in [2.45, 2.75) is 6.92 Å². The summed E-state index contributed by atoms with van der Waals surface area (Å²) in [5.41, 5.74) is 3.14. The molecule has 1 heterocycles. The predicted molar refractivity (Wildman–Crippen MR) is 58.6 cm³/mol. The van der Waals surface area contributed by atoms with Crippen LogP contribution in [-0.2, 0) is 0 Å². The van der Waals surface area contributed by atoms with Crippen LogP contribution in [0.15, 0.2) is 12.1 Å². The molecule has 4 heteroatoms. The minimum Gasteiger partial charge on any atom is -0.328 e. The second-order valence-electron chi connectivity index (χ2n) is 2.62. The monoisotopic (exact) mass is 292 g/mol. The van der Waals surface area contributed by atoms with Crippen molar-refractivity contribution >= 4 is 45.2 Å². The van der Waals surface area contributed by atoms with Crippen LogP contribution in [-0.4, -0.2) is 9.97 Å². The number of halogens is 2. The highest BCUT2D eigenvalue weighted by Crippen LogP contribution is 2.22. The van der Waals surface area contributed by atoms with Gasteiger partial charge in [0.15, 0.2) is 0 Å². The number of imidazole rings is 1. The highest BCUT2D eigenvalue weighted by atomic mass is 127. The Bertz CT molecular complexity index is 397. The van der Waals surface area contributed by atoms with Crippen molar-refractivity contribution in [3.63, 3.8) is 0 Å². The zero-order chi connectivity index (χ0) is 8.72. The van der Waals surface area contributed by atoms with Crippen molar-refractivity contribution < 1.29 is 0 Å². The Kier molecular flexibility index (Phi) is 2.00. The van der Waals surface area contributed by atoms with Crippen LogP contribution < -0.4 is 0 Å². The van der Waals surface area contributed by atoms with Gasteiger partial charge in [0.05, 0.1) is 11.0 Å². The van der Waals surface area contributed by atoms with E-state index in [4.69, 9.17) is 11.6 Å². The van der Waals surface area contributed by atoms with E-state index < -0.39 is 0 Å². The second-order valence-corrected chi connectivity index (χ2v) is 4.14. The van der Waals surface area contributed by atoms with Gasteiger partial charge in [0.25, 0.3) is 0 Å². The smallest absolute Gasteiger partial charge is 0.201 e. The number of nitrogens with one attached hydrogen (secondary N) is 1. The fourth-order valence-electron chi connectivity index (χ4n) is 1.16. The Hall–Kier alpha value is -0.290. The molecule has 62 valence electrons. The highest BCUT2D eigenvalue weighted by Gasteiger charge is 2.05. The number of aromatic amines is 1. The largest absolute Gasteiger partial charge is 0.328 e. The lowest BCUT2D eigenvalue weighted by molar-refractivity contribution is 1.33. The van der Waals surface area contributed by atoms with E-state index in [0.29, 0.717) is 5.28 Å². The lowest BCUT2D eigenvalue weighted by Crippen LogP contribution is -1.79. The van der Waals surface area contributed by atoms with E-state index in [-0.39, 0.29) is 0 Å². The molecule has 2 aromatic rings. The second kappa shape index (κ2) is 2.88. The molecule has 0 unspecified atom stereocenters. The van der Waals surface area contributed by atoms with Gasteiger partial charge < -0.3 is 4.98 Å². The van der Waals surface area contributed by atoms with Crippen molar-refractivity contribution in [2.75, 3.05) is 0 Å². The van der Waals surface area contributed by atoms with E-state index in [1.165, 1.54) is 0 Å². The van der Waals surface area contributed by atoms with E-state index in [0.717, 1.165) is 20.2 Å². The zero-order valence-electron chi connectivity index (χ0n) is 6.36. The summed E-state index contributed by atoms with van der Waals surface area (Å²) in [7, 11) is 0. The van der Waals surface area contributed by atoms with E-state index in [1.54, 1.807) is 0 Å². The molecule has 0 amide bonds. The van der Waals surface area contributed by atoms with E-state index in [1.807, 2.05) is 19.1 Å². The summed E-state index contributed by atoms with van der Waals surface area (Å²) < 4.78 is 1.15. The molecule has 1 aromatic heterocycles. The van der Waals surface area contributed by atoms with Crippen molar-refractivity contribution in [2.24, 2.45) is 0 Å². The molecule has 0 fully saturated rings. The summed E-state index contributed by atoms with van der Waals surface area (Å²) in [4.78, 5) is 7.19. The summed E-state index contributed by atoms with van der Waals surface area (Å²) in [6, 6.07) is 4.09. The summed E-state index contributed by atoms with van der Waals surface area (Å²) in [6.45, 7) is 2.02. The van der Waals surface area contributed by atoms with Gasteiger partial charge in [-0.05, 0) is 52.7 Å². The molecule has 0 bridgehead atoms. The van der Waals surface area contributed by atoms with Crippen LogP contribution in [0.5, 0.6) is 0 Å². The Morgan fingerprint density at radius 1 is 1.50 bits per heavy atom. The average Bonchev–Trinajstić information content (AvgIpc) is 2.41. The van der Waals surface area contributed by atoms with Crippen molar-refractivity contribution in [3.05, 3.63) is 26.5 Å². The molecule has 1 N–H and O–H groups in total. The molecule has 1 aromatic carbocycles. The molecule has 0 aliphatic heterocycles. The van der Waals surface area contributed by atoms with Gasteiger partial charge in [-0.3, -0.25) is 0 Å². The fourth-order valence-corrected chi connectivity index (χ4v) is 1.91. The molecule has 0 aliphatic rings. The number of aromatic nitrogens is 2. The Morgan fingerprint density at radius 2 is 2.25 bits per heavy atom. The molecule has 2 rings (SSSR count). The lowest BCUT2D eigenvalue weighted by atomic mass is 10.2. The third kappa shape index (κ3) is 1.21. The summed E-state index contributed by atoms with van der Waals surface area (Å²) >= 11 is 8.02. The van der Waals surface area contributed by atoms with E-state index >= 15 is 0 Å². The first-order valence-corrected chi connectivity index (χ1v) is 4.94. The number of benzene rings is 1. The maximum atomic E-state index is 5.76. The van der Waals surface area contributed by atoms with Crippen LogP contribution in [0.2, 0.25) is 5.28 Å². The normalized spacial score (nSPS) is 10.9. The Morgan fingerprint density at radius 3 is 2.92 bits per heavy atom. The standard InChI is InChI=1S/C8H6ClIN2/c1-4-2-3-5(10)7-6(4)11-8(9)12-7/h2-3H,1H3,(H,11,12). The van der Waals surface area contributed by atoms with Crippen LogP contribution in [0.25, 0.3) is 11.0 Å². The molecule has 0 saturated carbocycles. The SMILES string of the molecule is Cc1ccc(I)c2[nH]c(Cl)nc12. The average molecular weight is 293 g/mol. The molecule has 0 radical (unpaired) electrons. The van der Waals surface area contributed by atoms with Gasteiger partial charge in [-0.2, -0.15) is 0 Å². The van der Waals surface area contributed by atoms with E-state index in [2.05, 4.69) is 32.6 Å². The maximum Gasteiger partial charge on any atom is 0.201 e. The molecule has 0 aliphatic carbocycles. The molecule has 0 saturated heterocycles. The quantitative estimate of drug-likeness (QED) is 0.743. The number of nitrogens with zero attached hydrogens (tertiary/aromatic N) is 1. The highest BCUT2D eigenvalue weighted by molar-refractivity contribution is 14.1. The van der Waals surface area contributed by atoms with Gasteiger partial charge in [0.1, 0.15) is 0 Å². The molecular weight excluding hydrogens is 286 g/mol. The number of hydrogen-bond acceptors (Lipinski definition) is 1. The summed E-state index contributed by atoms with van der Waals surface area (Å²) in [6.07, 6.45) is 0. The van der Waals surface area contributed by atoms with Crippen LogP contribution >= 0.6 is 34.2 Å². The van der Waals surface area contributed by atoms with E-state index in [9.17, 15) is 0 Å². The first-order chi connectivity index (χ1) is 5.68. The number of fused-ring (bicyclic) bond motifs is 1. The first-order valence-electron chi connectivity index (χ1n) is 3.49. The first kappa shape index (κ1) is 8.31. The summed E-state index contributed by atoms with van der Waals surface area (Å²) in [5.74, 6) is 0. The van der Waals surface area contributed by atoms with Gasteiger partial charge in [0, 0.05) is 3.57 Å². The fraction of sp³-hybridized carbons (Fsp3) is 0.125. The van der Waals surface area contributed by atoms with Crippen LogP contribution in [0.1, 0.15) is 5.56 Å². The Labute approximate surface area is 88.5 Å². The number of hydrogen-bond donors (Lipinski definition) is 1. The lowest BCUT2D eigenvalue weighted by Gasteiger charge is -1.95. The number of rotatable bonds is 0. The van der Waals surface area contributed by atoms with Gasteiger partial charge in [-0.15, -0.1) is 0 Å². The zero-order valence-corrected chi connectivity index (χ0v) is 9.27. The summed E-state index contributed by atoms with van der Waals surface area (Å²) in [5, 5.41) is 0.456. The van der Waals surface area contributed by atoms with Crippen LogP contribution in [0, 0.1) is 10.5 Å². The van der Waals surface area contributed by atoms with Crippen molar-refractivity contribution in [3.8, 4) is 0 Å². The molecule has 0 atom stereocenters. The molecular formula is C8H6ClIN2. The minimum absolute atomic E-state index is 0.456. The van der Waals surface area contributed by atoms with Crippen molar-refractivity contribution in [1.29, 1.82) is 0 Å². The minimum atomic E-state index is 0.456. The number of aryl methyl sites for hydroxylation is 1. The molecule has 2 nitrogen and oxygen atoms in total. The predicted octanol–water partition coefficient (Wildman–Crippen LogP) is 3.13. The molecule has 12 heavy (non-hydrogen) atoms. The van der Waals surface area contributed by atoms with Gasteiger partial charge in [-0.1, -0.05) is 6.07 Å². The van der Waals surface area contributed by atoms with Crippen LogP contribution in [0.3, 0.4) is 0 Å². The third-order valence-corrected chi connectivity index (χ3v) is 2.84. The van der Waals surface area contributed by atoms with Crippen molar-refractivity contribution in [1.82, 2.24) is 9.97 Å². The third-order valence-electron chi connectivity index (χ3n) is 1.77. The van der Waals surface area contributed by atoms with Gasteiger partial charge >= 0.3 is 0 Å². The number of H-pyrrole nitrogens is 1. The van der Waals surface area contributed by atoms with Gasteiger partial charge in [0.2, 0.25) is 5.28 Å².